The number of hydrogen-bond acceptors (Lipinski definition) is 3. The van der Waals surface area contributed by atoms with Crippen LogP contribution in [0, 0.1) is 0 Å². The Kier molecular flexibility index (Phi) is 4.42. The Bertz CT molecular complexity index is 659. The Balaban J connectivity index is 2.55. The molecule has 2 rings (SSSR count). The number of ketones is 1. The normalized spacial score (nSPS) is 11.1. The second kappa shape index (κ2) is 5.76. The Morgan fingerprint density at radius 2 is 1.90 bits per heavy atom. The van der Waals surface area contributed by atoms with Gasteiger partial charge in [-0.15, -0.1) is 0 Å². The molecule has 0 aliphatic rings. The van der Waals surface area contributed by atoms with Gasteiger partial charge in [-0.2, -0.15) is 5.10 Å². The Morgan fingerprint density at radius 1 is 1.35 bits per heavy atom. The molecule has 0 unspecified atom stereocenters. The van der Waals surface area contributed by atoms with E-state index < -0.39 is 0 Å². The standard InChI is InChI=1S/C13H12BrCl2N3O/c1-6(2)19-12(8(14)5-18-19)13(20)7-3-9(15)11(17)10(16)4-7/h3-6H,17H2,1-2H3. The molecule has 106 valence electrons. The minimum Gasteiger partial charge on any atom is -0.396 e. The predicted molar refractivity (Wildman–Crippen MR) is 84.6 cm³/mol. The second-order valence-corrected chi connectivity index (χ2v) is 6.23. The van der Waals surface area contributed by atoms with E-state index in [9.17, 15) is 4.79 Å². The van der Waals surface area contributed by atoms with Crippen LogP contribution < -0.4 is 5.73 Å². The summed E-state index contributed by atoms with van der Waals surface area (Å²) in [6.45, 7) is 3.89. The van der Waals surface area contributed by atoms with Gasteiger partial charge in [-0.1, -0.05) is 23.2 Å². The molecule has 0 fully saturated rings. The molecule has 0 aliphatic heterocycles. The molecule has 0 atom stereocenters. The number of nitrogen functional groups attached to an aromatic ring is 1. The van der Waals surface area contributed by atoms with Crippen LogP contribution in [0.15, 0.2) is 22.8 Å². The summed E-state index contributed by atoms with van der Waals surface area (Å²) < 4.78 is 2.27. The number of carbonyl (C=O) groups is 1. The van der Waals surface area contributed by atoms with Crippen LogP contribution in [0.4, 0.5) is 5.69 Å². The third-order valence-electron chi connectivity index (χ3n) is 2.80. The van der Waals surface area contributed by atoms with Crippen LogP contribution in [0.25, 0.3) is 0 Å². The van der Waals surface area contributed by atoms with Gasteiger partial charge in [0.25, 0.3) is 0 Å². The van der Waals surface area contributed by atoms with E-state index in [1.807, 2.05) is 13.8 Å². The molecule has 2 N–H and O–H groups in total. The van der Waals surface area contributed by atoms with Gasteiger partial charge in [-0.05, 0) is 41.9 Å². The van der Waals surface area contributed by atoms with E-state index in [-0.39, 0.29) is 27.6 Å². The molecule has 20 heavy (non-hydrogen) atoms. The third-order valence-corrected chi connectivity index (χ3v) is 4.00. The summed E-state index contributed by atoms with van der Waals surface area (Å²) in [4.78, 5) is 12.6. The van der Waals surface area contributed by atoms with Gasteiger partial charge < -0.3 is 5.73 Å². The van der Waals surface area contributed by atoms with Crippen LogP contribution in [0.1, 0.15) is 35.9 Å². The fraction of sp³-hybridized carbons (Fsp3) is 0.231. The zero-order valence-corrected chi connectivity index (χ0v) is 13.9. The molecule has 0 bridgehead atoms. The summed E-state index contributed by atoms with van der Waals surface area (Å²) in [5.74, 6) is -0.216. The molecule has 1 heterocycles. The number of benzene rings is 1. The van der Waals surface area contributed by atoms with Gasteiger partial charge in [0.15, 0.2) is 0 Å². The SMILES string of the molecule is CC(C)n1ncc(Br)c1C(=O)c1cc(Cl)c(N)c(Cl)c1. The van der Waals surface area contributed by atoms with E-state index in [0.717, 1.165) is 0 Å². The zero-order chi connectivity index (χ0) is 15.0. The second-order valence-electron chi connectivity index (χ2n) is 4.56. The van der Waals surface area contributed by atoms with Crippen molar-refractivity contribution in [2.75, 3.05) is 5.73 Å². The van der Waals surface area contributed by atoms with E-state index in [1.165, 1.54) is 12.1 Å². The van der Waals surface area contributed by atoms with Crippen molar-refractivity contribution in [3.63, 3.8) is 0 Å². The first-order valence-corrected chi connectivity index (χ1v) is 7.40. The van der Waals surface area contributed by atoms with Crippen LogP contribution in [0.2, 0.25) is 10.0 Å². The van der Waals surface area contributed by atoms with Crippen molar-refractivity contribution >= 4 is 50.6 Å². The molecular formula is C13H12BrCl2N3O. The van der Waals surface area contributed by atoms with E-state index in [4.69, 9.17) is 28.9 Å². The highest BCUT2D eigenvalue weighted by Crippen LogP contribution is 2.31. The van der Waals surface area contributed by atoms with Crippen LogP contribution in [-0.4, -0.2) is 15.6 Å². The van der Waals surface area contributed by atoms with Gasteiger partial charge in [0, 0.05) is 11.6 Å². The topological polar surface area (TPSA) is 60.9 Å². The van der Waals surface area contributed by atoms with E-state index >= 15 is 0 Å². The maximum Gasteiger partial charge on any atom is 0.212 e. The number of carbonyl (C=O) groups excluding carboxylic acids is 1. The predicted octanol–water partition coefficient (Wildman–Crippen LogP) is 4.35. The van der Waals surface area contributed by atoms with Crippen molar-refractivity contribution in [1.29, 1.82) is 0 Å². The molecule has 4 nitrogen and oxygen atoms in total. The van der Waals surface area contributed by atoms with Crippen molar-refractivity contribution in [1.82, 2.24) is 9.78 Å². The average molecular weight is 377 g/mol. The minimum atomic E-state index is -0.216. The van der Waals surface area contributed by atoms with Gasteiger partial charge in [0.05, 0.1) is 26.4 Å². The molecule has 0 amide bonds. The van der Waals surface area contributed by atoms with Gasteiger partial charge in [-0.25, -0.2) is 0 Å². The lowest BCUT2D eigenvalue weighted by Crippen LogP contribution is -2.14. The zero-order valence-electron chi connectivity index (χ0n) is 10.8. The lowest BCUT2D eigenvalue weighted by Gasteiger charge is -2.11. The van der Waals surface area contributed by atoms with E-state index in [2.05, 4.69) is 21.0 Å². The Morgan fingerprint density at radius 3 is 2.40 bits per heavy atom. The summed E-state index contributed by atoms with van der Waals surface area (Å²) in [5, 5.41) is 4.70. The molecule has 0 aliphatic carbocycles. The summed E-state index contributed by atoms with van der Waals surface area (Å²) in [6.07, 6.45) is 1.59. The summed E-state index contributed by atoms with van der Waals surface area (Å²) in [7, 11) is 0. The molecular weight excluding hydrogens is 365 g/mol. The van der Waals surface area contributed by atoms with Crippen molar-refractivity contribution in [3.05, 3.63) is 44.1 Å². The molecule has 0 radical (unpaired) electrons. The smallest absolute Gasteiger partial charge is 0.212 e. The lowest BCUT2D eigenvalue weighted by atomic mass is 10.1. The van der Waals surface area contributed by atoms with E-state index in [0.29, 0.717) is 15.7 Å². The first-order valence-electron chi connectivity index (χ1n) is 5.85. The highest BCUT2D eigenvalue weighted by Gasteiger charge is 2.21. The third kappa shape index (κ3) is 2.71. The molecule has 0 saturated heterocycles. The lowest BCUT2D eigenvalue weighted by molar-refractivity contribution is 0.102. The molecule has 7 heteroatoms. The van der Waals surface area contributed by atoms with Crippen molar-refractivity contribution in [3.8, 4) is 0 Å². The highest BCUT2D eigenvalue weighted by atomic mass is 79.9. The summed E-state index contributed by atoms with van der Waals surface area (Å²) in [6, 6.07) is 3.07. The summed E-state index contributed by atoms with van der Waals surface area (Å²) in [5.41, 5.74) is 6.77. The number of nitrogens with zero attached hydrogens (tertiary/aromatic N) is 2. The van der Waals surface area contributed by atoms with Crippen LogP contribution >= 0.6 is 39.1 Å². The fourth-order valence-electron chi connectivity index (χ4n) is 1.80. The number of rotatable bonds is 3. The molecule has 1 aromatic carbocycles. The van der Waals surface area contributed by atoms with Crippen molar-refractivity contribution in [2.24, 2.45) is 0 Å². The first-order chi connectivity index (χ1) is 9.32. The van der Waals surface area contributed by atoms with Crippen LogP contribution in [-0.2, 0) is 0 Å². The number of aromatic nitrogens is 2. The molecule has 0 spiro atoms. The molecule has 1 aromatic heterocycles. The van der Waals surface area contributed by atoms with E-state index in [1.54, 1.807) is 10.9 Å². The Labute approximate surface area is 135 Å². The van der Waals surface area contributed by atoms with Gasteiger partial charge >= 0.3 is 0 Å². The summed E-state index contributed by atoms with van der Waals surface area (Å²) >= 11 is 15.3. The van der Waals surface area contributed by atoms with Crippen LogP contribution in [0.3, 0.4) is 0 Å². The maximum absolute atomic E-state index is 12.6. The van der Waals surface area contributed by atoms with Crippen molar-refractivity contribution < 1.29 is 4.79 Å². The monoisotopic (exact) mass is 375 g/mol. The number of anilines is 1. The van der Waals surface area contributed by atoms with Gasteiger partial charge in [0.2, 0.25) is 5.78 Å². The fourth-order valence-corrected chi connectivity index (χ4v) is 2.74. The quantitative estimate of drug-likeness (QED) is 0.639. The van der Waals surface area contributed by atoms with Crippen LogP contribution in [0.5, 0.6) is 0 Å². The molecule has 2 aromatic rings. The van der Waals surface area contributed by atoms with Gasteiger partial charge in [0.1, 0.15) is 5.69 Å². The molecule has 0 saturated carbocycles. The number of halogens is 3. The number of hydrogen-bond donors (Lipinski definition) is 1. The van der Waals surface area contributed by atoms with Crippen molar-refractivity contribution in [2.45, 2.75) is 19.9 Å². The first kappa shape index (κ1) is 15.4. The number of nitrogens with two attached hydrogens (primary N) is 1. The minimum absolute atomic E-state index is 0.0555. The maximum atomic E-state index is 12.6. The average Bonchev–Trinajstić information content (AvgIpc) is 2.76. The largest absolute Gasteiger partial charge is 0.396 e. The van der Waals surface area contributed by atoms with Gasteiger partial charge in [-0.3, -0.25) is 9.48 Å². The highest BCUT2D eigenvalue weighted by molar-refractivity contribution is 9.10. The Hall–Kier alpha value is -1.04.